The fourth-order valence-corrected chi connectivity index (χ4v) is 8.76. The van der Waals surface area contributed by atoms with Gasteiger partial charge in [0.2, 0.25) is 10.0 Å². The predicted molar refractivity (Wildman–Crippen MR) is 182 cm³/mol. The Morgan fingerprint density at radius 3 is 1.78 bits per heavy atom. The smallest absolute Gasteiger partial charge is 0.314 e. The van der Waals surface area contributed by atoms with Crippen LogP contribution in [0.2, 0.25) is 0 Å². The Morgan fingerprint density at radius 1 is 0.826 bits per heavy atom. The van der Waals surface area contributed by atoms with Crippen LogP contribution in [-0.4, -0.2) is 42.7 Å². The molecule has 1 aliphatic rings. The molecule has 250 valence electrons. The lowest BCUT2D eigenvalue weighted by molar-refractivity contribution is -0.332. The van der Waals surface area contributed by atoms with Crippen molar-refractivity contribution < 1.29 is 27.4 Å². The van der Waals surface area contributed by atoms with Crippen molar-refractivity contribution in [2.75, 3.05) is 0 Å². The first-order valence-corrected chi connectivity index (χ1v) is 17.7. The summed E-state index contributed by atoms with van der Waals surface area (Å²) in [7, 11) is -4.06. The number of nitrogens with zero attached hydrogens (tertiary/aromatic N) is 1. The third-order valence-electron chi connectivity index (χ3n) is 8.75. The van der Waals surface area contributed by atoms with Crippen molar-refractivity contribution in [2.24, 2.45) is 17.8 Å². The highest BCUT2D eigenvalue weighted by Crippen LogP contribution is 2.40. The molecule has 1 saturated heterocycles. The molecule has 3 aromatic carbocycles. The Balaban J connectivity index is 1.83. The molecule has 0 aliphatic carbocycles. The first-order valence-electron chi connectivity index (χ1n) is 16.3. The summed E-state index contributed by atoms with van der Waals surface area (Å²) in [6, 6.07) is 21.9. The average molecular weight is 650 g/mol. The number of sulfonamides is 1. The van der Waals surface area contributed by atoms with Gasteiger partial charge >= 0.3 is 5.97 Å². The maximum atomic E-state index is 14.8. The van der Waals surface area contributed by atoms with Crippen LogP contribution < -0.4 is 0 Å². The Morgan fingerprint density at radius 2 is 1.30 bits per heavy atom. The number of carbonyl (C=O) groups excluding carboxylic acids is 1. The van der Waals surface area contributed by atoms with Gasteiger partial charge in [-0.1, -0.05) is 106 Å². The third-order valence-corrected chi connectivity index (χ3v) is 11.0. The van der Waals surface area contributed by atoms with Crippen LogP contribution in [-0.2, 0) is 35.6 Å². The minimum Gasteiger partial charge on any atom is -0.455 e. The van der Waals surface area contributed by atoms with Gasteiger partial charge < -0.3 is 14.2 Å². The van der Waals surface area contributed by atoms with Crippen molar-refractivity contribution in [2.45, 2.75) is 111 Å². The molecule has 1 heterocycles. The molecule has 8 heteroatoms. The Labute approximate surface area is 276 Å². The zero-order chi connectivity index (χ0) is 34.0. The van der Waals surface area contributed by atoms with E-state index in [-0.39, 0.29) is 23.3 Å². The highest BCUT2D eigenvalue weighted by atomic mass is 32.2. The molecule has 7 nitrogen and oxygen atoms in total. The fourth-order valence-electron chi connectivity index (χ4n) is 6.73. The Bertz CT molecular complexity index is 1540. The summed E-state index contributed by atoms with van der Waals surface area (Å²) in [5.41, 5.74) is 3.88. The maximum Gasteiger partial charge on any atom is 0.314 e. The normalized spacial score (nSPS) is 21.4. The third kappa shape index (κ3) is 7.91. The van der Waals surface area contributed by atoms with Crippen LogP contribution in [0.4, 0.5) is 0 Å². The Hall–Kier alpha value is -3.04. The zero-order valence-corrected chi connectivity index (χ0v) is 29.8. The van der Waals surface area contributed by atoms with E-state index in [1.165, 1.54) is 4.31 Å². The number of ether oxygens (including phenoxy) is 3. The molecule has 1 aliphatic heterocycles. The number of esters is 1. The van der Waals surface area contributed by atoms with Crippen molar-refractivity contribution in [3.8, 4) is 0 Å². The summed E-state index contributed by atoms with van der Waals surface area (Å²) in [6.07, 6.45) is -1.80. The van der Waals surface area contributed by atoms with Crippen LogP contribution in [0.5, 0.6) is 0 Å². The van der Waals surface area contributed by atoms with E-state index in [4.69, 9.17) is 14.2 Å². The molecule has 4 rings (SSSR count). The zero-order valence-electron chi connectivity index (χ0n) is 29.0. The highest BCUT2D eigenvalue weighted by molar-refractivity contribution is 7.89. The van der Waals surface area contributed by atoms with E-state index >= 15 is 0 Å². The molecule has 0 amide bonds. The van der Waals surface area contributed by atoms with Crippen molar-refractivity contribution in [1.29, 1.82) is 0 Å². The van der Waals surface area contributed by atoms with E-state index < -0.39 is 52.1 Å². The van der Waals surface area contributed by atoms with E-state index in [0.29, 0.717) is 16.7 Å². The predicted octanol–water partition coefficient (Wildman–Crippen LogP) is 7.92. The molecule has 4 atom stereocenters. The topological polar surface area (TPSA) is 82.1 Å². The van der Waals surface area contributed by atoms with Gasteiger partial charge in [-0.15, -0.1) is 0 Å². The summed E-state index contributed by atoms with van der Waals surface area (Å²) in [6.45, 7) is 19.4. The van der Waals surface area contributed by atoms with Gasteiger partial charge in [0.25, 0.3) is 0 Å². The lowest BCUT2D eigenvalue weighted by Crippen LogP contribution is -2.57. The first-order chi connectivity index (χ1) is 21.5. The van der Waals surface area contributed by atoms with E-state index in [0.717, 1.165) is 11.1 Å². The summed E-state index contributed by atoms with van der Waals surface area (Å²) in [5, 5.41) is 0. The van der Waals surface area contributed by atoms with E-state index in [1.807, 2.05) is 142 Å². The number of hydrogen-bond acceptors (Lipinski definition) is 6. The van der Waals surface area contributed by atoms with Gasteiger partial charge in [-0.05, 0) is 75.6 Å². The quantitative estimate of drug-likeness (QED) is 0.196. The van der Waals surface area contributed by atoms with Crippen molar-refractivity contribution in [3.05, 3.63) is 101 Å². The lowest BCUT2D eigenvalue weighted by Gasteiger charge is -2.48. The molecule has 46 heavy (non-hydrogen) atoms. The average Bonchev–Trinajstić information content (AvgIpc) is 2.97. The van der Waals surface area contributed by atoms with E-state index in [2.05, 4.69) is 0 Å². The minimum absolute atomic E-state index is 0.0111. The molecule has 1 fully saturated rings. The monoisotopic (exact) mass is 649 g/mol. The van der Waals surface area contributed by atoms with Crippen LogP contribution in [0.25, 0.3) is 0 Å². The molecule has 0 spiro atoms. The largest absolute Gasteiger partial charge is 0.455 e. The standard InChI is InChI=1S/C38H51NO6S/c1-24(2)33-32(34(25(3)4)45-38(9,10)44-33)37(40)43-35(31-19-15-12-16-20-31)29(8)39(23-30-17-13-11-14-18-30)46(41,42)36-27(6)21-26(5)22-28(36)7/h11-22,24-25,29,32-35H,23H2,1-10H3/t29-,33+,34+,35-/m1/s1. The molecule has 3 aromatic rings. The maximum absolute atomic E-state index is 14.8. The molecular weight excluding hydrogens is 598 g/mol. The summed E-state index contributed by atoms with van der Waals surface area (Å²) in [4.78, 5) is 14.7. The van der Waals surface area contributed by atoms with Crippen LogP contribution in [0.1, 0.15) is 82.4 Å². The molecule has 0 bridgehead atoms. The van der Waals surface area contributed by atoms with Crippen molar-refractivity contribution >= 4 is 16.0 Å². The number of aryl methyl sites for hydroxylation is 3. The van der Waals surface area contributed by atoms with E-state index in [1.54, 1.807) is 0 Å². The SMILES string of the molecule is Cc1cc(C)c(S(=O)(=O)N(Cc2ccccc2)[C@H](C)[C@@H](OC(=O)C2[C@H](C(C)C)OC(C)(C)O[C@H]2C(C)C)c2ccccc2)c(C)c1. The van der Waals surface area contributed by atoms with Gasteiger partial charge in [-0.3, -0.25) is 4.79 Å². The summed E-state index contributed by atoms with van der Waals surface area (Å²) < 4.78 is 50.2. The second kappa shape index (κ2) is 14.4. The van der Waals surface area contributed by atoms with Crippen LogP contribution >= 0.6 is 0 Å². The number of carbonyl (C=O) groups is 1. The van der Waals surface area contributed by atoms with Gasteiger partial charge in [0.15, 0.2) is 5.79 Å². The fraction of sp³-hybridized carbons (Fsp3) is 0.500. The number of rotatable bonds is 11. The van der Waals surface area contributed by atoms with Crippen molar-refractivity contribution in [3.63, 3.8) is 0 Å². The van der Waals surface area contributed by atoms with Gasteiger partial charge in [0.1, 0.15) is 12.0 Å². The summed E-state index contributed by atoms with van der Waals surface area (Å²) in [5.74, 6) is -2.01. The van der Waals surface area contributed by atoms with Crippen LogP contribution in [0.15, 0.2) is 77.7 Å². The second-order valence-corrected chi connectivity index (χ2v) is 15.7. The van der Waals surface area contributed by atoms with Gasteiger partial charge in [-0.25, -0.2) is 8.42 Å². The van der Waals surface area contributed by atoms with E-state index in [9.17, 15) is 13.2 Å². The van der Waals surface area contributed by atoms with Crippen LogP contribution in [0.3, 0.4) is 0 Å². The van der Waals surface area contributed by atoms with Gasteiger partial charge in [0, 0.05) is 6.54 Å². The molecular formula is C38H51NO6S. The minimum atomic E-state index is -4.06. The first kappa shape index (κ1) is 35.8. The number of benzene rings is 3. The van der Waals surface area contributed by atoms with Crippen molar-refractivity contribution in [1.82, 2.24) is 4.31 Å². The lowest BCUT2D eigenvalue weighted by atomic mass is 9.82. The highest BCUT2D eigenvalue weighted by Gasteiger charge is 2.51. The van der Waals surface area contributed by atoms with Gasteiger partial charge in [0.05, 0.1) is 23.1 Å². The summed E-state index contributed by atoms with van der Waals surface area (Å²) >= 11 is 0. The molecule has 0 unspecified atom stereocenters. The number of hydrogen-bond donors (Lipinski definition) is 0. The Kier molecular flexibility index (Phi) is 11.2. The molecule has 0 saturated carbocycles. The molecule has 0 aromatic heterocycles. The van der Waals surface area contributed by atoms with Gasteiger partial charge in [-0.2, -0.15) is 4.31 Å². The second-order valence-electron chi connectivity index (χ2n) is 13.9. The molecule has 0 radical (unpaired) electrons. The van der Waals surface area contributed by atoms with Crippen LogP contribution in [0, 0.1) is 38.5 Å². The molecule has 0 N–H and O–H groups in total.